The molecule has 5 nitrogen and oxygen atoms in total. The van der Waals surface area contributed by atoms with E-state index in [-0.39, 0.29) is 12.5 Å². The Bertz CT molecular complexity index is 479. The van der Waals surface area contributed by atoms with Crippen LogP contribution in [-0.2, 0) is 14.3 Å². The Hall–Kier alpha value is -1.46. The lowest BCUT2D eigenvalue weighted by atomic mass is 10.3. The fourth-order valence-corrected chi connectivity index (χ4v) is 1.78. The molecule has 1 aromatic carbocycles. The van der Waals surface area contributed by atoms with E-state index in [0.717, 1.165) is 0 Å². The lowest BCUT2D eigenvalue weighted by Crippen LogP contribution is -2.44. The molecule has 0 aliphatic heterocycles. The van der Waals surface area contributed by atoms with E-state index in [2.05, 4.69) is 10.1 Å². The zero-order valence-electron chi connectivity index (χ0n) is 10.4. The van der Waals surface area contributed by atoms with Crippen molar-refractivity contribution in [3.63, 3.8) is 0 Å². The third-order valence-electron chi connectivity index (χ3n) is 2.16. The molecule has 104 valence electrons. The van der Waals surface area contributed by atoms with Crippen LogP contribution in [0.2, 0.25) is 10.0 Å². The van der Waals surface area contributed by atoms with Gasteiger partial charge < -0.3 is 14.8 Å². The second-order valence-corrected chi connectivity index (χ2v) is 4.51. The molecule has 1 atom stereocenters. The van der Waals surface area contributed by atoms with Crippen LogP contribution in [0.5, 0.6) is 5.75 Å². The maximum atomic E-state index is 11.4. The third kappa shape index (κ3) is 4.96. The summed E-state index contributed by atoms with van der Waals surface area (Å²) in [5, 5.41) is 3.22. The quantitative estimate of drug-likeness (QED) is 0.846. The maximum absolute atomic E-state index is 11.4. The fraction of sp³-hybridized carbons (Fsp3) is 0.333. The molecule has 0 radical (unpaired) electrons. The summed E-state index contributed by atoms with van der Waals surface area (Å²) in [4.78, 5) is 22.4. The lowest BCUT2D eigenvalue weighted by Gasteiger charge is -2.16. The minimum atomic E-state index is -0.894. The average Bonchev–Trinajstić information content (AvgIpc) is 2.34. The van der Waals surface area contributed by atoms with Gasteiger partial charge in [-0.15, -0.1) is 0 Å². The van der Waals surface area contributed by atoms with E-state index >= 15 is 0 Å². The molecule has 1 aromatic rings. The van der Waals surface area contributed by atoms with Gasteiger partial charge in [-0.3, -0.25) is 4.79 Å². The van der Waals surface area contributed by atoms with E-state index in [9.17, 15) is 9.59 Å². The molecule has 0 saturated heterocycles. The van der Waals surface area contributed by atoms with Crippen molar-refractivity contribution in [3.05, 3.63) is 28.2 Å². The standard InChI is InChI=1S/C12H13Cl2NO4/c1-7(16)15-10(12(17)18-2)6-19-11-4-3-8(13)5-9(11)14/h3-5,10H,6H2,1-2H3,(H,15,16). The molecule has 0 bridgehead atoms. The highest BCUT2D eigenvalue weighted by Gasteiger charge is 2.21. The summed E-state index contributed by atoms with van der Waals surface area (Å²) in [7, 11) is 1.23. The summed E-state index contributed by atoms with van der Waals surface area (Å²) in [6.45, 7) is 1.21. The van der Waals surface area contributed by atoms with E-state index in [1.165, 1.54) is 20.1 Å². The van der Waals surface area contributed by atoms with Crippen molar-refractivity contribution >= 4 is 35.1 Å². The molecule has 19 heavy (non-hydrogen) atoms. The second-order valence-electron chi connectivity index (χ2n) is 3.66. The van der Waals surface area contributed by atoms with Crippen LogP contribution in [0.25, 0.3) is 0 Å². The fourth-order valence-electron chi connectivity index (χ4n) is 1.32. The summed E-state index contributed by atoms with van der Waals surface area (Å²) >= 11 is 11.7. The zero-order valence-corrected chi connectivity index (χ0v) is 11.9. The average molecular weight is 306 g/mol. The van der Waals surface area contributed by atoms with Gasteiger partial charge in [0.05, 0.1) is 12.1 Å². The molecular weight excluding hydrogens is 293 g/mol. The highest BCUT2D eigenvalue weighted by molar-refractivity contribution is 6.35. The van der Waals surface area contributed by atoms with Gasteiger partial charge in [-0.2, -0.15) is 0 Å². The normalized spacial score (nSPS) is 11.6. The summed E-state index contributed by atoms with van der Waals surface area (Å²) in [5.74, 6) is -0.591. The SMILES string of the molecule is COC(=O)C(COc1ccc(Cl)cc1Cl)NC(C)=O. The minimum Gasteiger partial charge on any atom is -0.489 e. The summed E-state index contributed by atoms with van der Waals surface area (Å²) in [6, 6.07) is 3.81. The van der Waals surface area contributed by atoms with Crippen molar-refractivity contribution < 1.29 is 19.1 Å². The monoisotopic (exact) mass is 305 g/mol. The second kappa shape index (κ2) is 7.21. The van der Waals surface area contributed by atoms with E-state index in [4.69, 9.17) is 27.9 Å². The van der Waals surface area contributed by atoms with Gasteiger partial charge in [0.2, 0.25) is 5.91 Å². The van der Waals surface area contributed by atoms with Gasteiger partial charge in [0, 0.05) is 11.9 Å². The number of nitrogens with one attached hydrogen (secondary N) is 1. The van der Waals surface area contributed by atoms with Gasteiger partial charge in [-0.05, 0) is 18.2 Å². The Kier molecular flexibility index (Phi) is 5.92. The minimum absolute atomic E-state index is 0.0897. The van der Waals surface area contributed by atoms with E-state index in [0.29, 0.717) is 15.8 Å². The highest BCUT2D eigenvalue weighted by atomic mass is 35.5. The summed E-state index contributed by atoms with van der Waals surface area (Å²) in [5.41, 5.74) is 0. The topological polar surface area (TPSA) is 64.6 Å². The van der Waals surface area contributed by atoms with Crippen LogP contribution in [0, 0.1) is 0 Å². The molecule has 1 amide bonds. The number of halogens is 2. The lowest BCUT2D eigenvalue weighted by molar-refractivity contribution is -0.145. The predicted molar refractivity (Wildman–Crippen MR) is 71.6 cm³/mol. The van der Waals surface area contributed by atoms with Gasteiger partial charge >= 0.3 is 5.97 Å². The molecule has 0 spiro atoms. The molecule has 0 aliphatic carbocycles. The number of methoxy groups -OCH3 is 1. The Morgan fingerprint density at radius 1 is 1.37 bits per heavy atom. The first kappa shape index (κ1) is 15.6. The maximum Gasteiger partial charge on any atom is 0.331 e. The molecule has 1 rings (SSSR count). The van der Waals surface area contributed by atoms with E-state index in [1.807, 2.05) is 0 Å². The molecule has 0 saturated carbocycles. The predicted octanol–water partition coefficient (Wildman–Crippen LogP) is 2.05. The number of carbonyl (C=O) groups is 2. The Balaban J connectivity index is 2.70. The molecule has 1 unspecified atom stereocenters. The molecule has 0 aliphatic rings. The number of benzene rings is 1. The number of rotatable bonds is 5. The Morgan fingerprint density at radius 3 is 2.58 bits per heavy atom. The van der Waals surface area contributed by atoms with Crippen molar-refractivity contribution in [2.24, 2.45) is 0 Å². The molecular formula is C12H13Cl2NO4. The number of carbonyl (C=O) groups excluding carboxylic acids is 2. The Labute approximate surface area is 120 Å². The number of ether oxygens (including phenoxy) is 2. The van der Waals surface area contributed by atoms with Crippen LogP contribution in [0.4, 0.5) is 0 Å². The van der Waals surface area contributed by atoms with Gasteiger partial charge in [-0.25, -0.2) is 4.79 Å². The Morgan fingerprint density at radius 2 is 2.05 bits per heavy atom. The highest BCUT2D eigenvalue weighted by Crippen LogP contribution is 2.27. The van der Waals surface area contributed by atoms with Crippen LogP contribution in [0.1, 0.15) is 6.92 Å². The first-order valence-electron chi connectivity index (χ1n) is 5.37. The molecule has 0 fully saturated rings. The first-order chi connectivity index (χ1) is 8.93. The largest absolute Gasteiger partial charge is 0.489 e. The third-order valence-corrected chi connectivity index (χ3v) is 2.69. The van der Waals surface area contributed by atoms with E-state index < -0.39 is 12.0 Å². The van der Waals surface area contributed by atoms with Crippen molar-refractivity contribution in [2.45, 2.75) is 13.0 Å². The van der Waals surface area contributed by atoms with Gasteiger partial charge in [0.25, 0.3) is 0 Å². The smallest absolute Gasteiger partial charge is 0.331 e. The first-order valence-corrected chi connectivity index (χ1v) is 6.12. The van der Waals surface area contributed by atoms with Crippen molar-refractivity contribution in [1.82, 2.24) is 5.32 Å². The zero-order chi connectivity index (χ0) is 14.4. The van der Waals surface area contributed by atoms with Crippen LogP contribution in [0.15, 0.2) is 18.2 Å². The van der Waals surface area contributed by atoms with Gasteiger partial charge in [-0.1, -0.05) is 23.2 Å². The molecule has 7 heteroatoms. The number of amides is 1. The van der Waals surface area contributed by atoms with Crippen LogP contribution < -0.4 is 10.1 Å². The van der Waals surface area contributed by atoms with Crippen molar-refractivity contribution in [1.29, 1.82) is 0 Å². The number of hydrogen-bond acceptors (Lipinski definition) is 4. The summed E-state index contributed by atoms with van der Waals surface area (Å²) < 4.78 is 9.93. The molecule has 0 heterocycles. The van der Waals surface area contributed by atoms with Crippen molar-refractivity contribution in [2.75, 3.05) is 13.7 Å². The van der Waals surface area contributed by atoms with Gasteiger partial charge in [0.15, 0.2) is 6.04 Å². The number of hydrogen-bond donors (Lipinski definition) is 1. The van der Waals surface area contributed by atoms with Crippen LogP contribution in [0.3, 0.4) is 0 Å². The number of esters is 1. The van der Waals surface area contributed by atoms with Gasteiger partial charge in [0.1, 0.15) is 12.4 Å². The van der Waals surface area contributed by atoms with Crippen molar-refractivity contribution in [3.8, 4) is 5.75 Å². The summed E-state index contributed by atoms with van der Waals surface area (Å²) in [6.07, 6.45) is 0. The van der Waals surface area contributed by atoms with Crippen LogP contribution in [-0.4, -0.2) is 31.6 Å². The molecule has 0 aromatic heterocycles. The molecule has 1 N–H and O–H groups in total. The van der Waals surface area contributed by atoms with E-state index in [1.54, 1.807) is 12.1 Å². The van der Waals surface area contributed by atoms with Crippen LogP contribution >= 0.6 is 23.2 Å².